The lowest BCUT2D eigenvalue weighted by atomic mass is 10.1. The van der Waals surface area contributed by atoms with Gasteiger partial charge in [0.05, 0.1) is 19.2 Å². The molecule has 0 aromatic heterocycles. The van der Waals surface area contributed by atoms with E-state index in [0.717, 1.165) is 11.3 Å². The van der Waals surface area contributed by atoms with Crippen molar-refractivity contribution in [3.05, 3.63) is 64.7 Å². The minimum absolute atomic E-state index is 0.0807. The molecule has 2 aromatic carbocycles. The van der Waals surface area contributed by atoms with Gasteiger partial charge in [-0.05, 0) is 42.0 Å². The zero-order valence-corrected chi connectivity index (χ0v) is 13.2. The lowest BCUT2D eigenvalue weighted by Gasteiger charge is -2.13. The molecule has 0 N–H and O–H groups in total. The Morgan fingerprint density at radius 3 is 2.52 bits per heavy atom. The number of carbonyl (C=O) groups is 2. The van der Waals surface area contributed by atoms with Gasteiger partial charge in [-0.2, -0.15) is 0 Å². The molecular formula is C18H14ClNO3. The Morgan fingerprint density at radius 2 is 1.87 bits per heavy atom. The molecule has 0 aliphatic carbocycles. The van der Waals surface area contributed by atoms with Crippen molar-refractivity contribution in [2.45, 2.75) is 6.42 Å². The zero-order valence-electron chi connectivity index (χ0n) is 12.5. The molecule has 0 bridgehead atoms. The van der Waals surface area contributed by atoms with Crippen LogP contribution in [0.3, 0.4) is 0 Å². The third-order valence-electron chi connectivity index (χ3n) is 3.59. The van der Waals surface area contributed by atoms with E-state index in [4.69, 9.17) is 16.3 Å². The van der Waals surface area contributed by atoms with E-state index in [1.54, 1.807) is 37.5 Å². The van der Waals surface area contributed by atoms with E-state index in [1.807, 2.05) is 24.3 Å². The first kappa shape index (κ1) is 15.3. The van der Waals surface area contributed by atoms with E-state index in [9.17, 15) is 9.59 Å². The quantitative estimate of drug-likeness (QED) is 0.638. The second-order valence-corrected chi connectivity index (χ2v) is 5.57. The molecule has 3 rings (SSSR count). The van der Waals surface area contributed by atoms with E-state index >= 15 is 0 Å². The summed E-state index contributed by atoms with van der Waals surface area (Å²) >= 11 is 5.94. The first-order valence-corrected chi connectivity index (χ1v) is 7.44. The molecule has 23 heavy (non-hydrogen) atoms. The van der Waals surface area contributed by atoms with Crippen molar-refractivity contribution in [1.82, 2.24) is 0 Å². The Bertz CT molecular complexity index is 796. The topological polar surface area (TPSA) is 46.6 Å². The monoisotopic (exact) mass is 327 g/mol. The predicted molar refractivity (Wildman–Crippen MR) is 89.5 cm³/mol. The molecule has 0 unspecified atom stereocenters. The molecule has 5 heteroatoms. The van der Waals surface area contributed by atoms with Gasteiger partial charge in [0.2, 0.25) is 5.91 Å². The Hall–Kier alpha value is -2.59. The number of amides is 2. The highest BCUT2D eigenvalue weighted by atomic mass is 35.5. The molecular weight excluding hydrogens is 314 g/mol. The molecule has 2 amide bonds. The van der Waals surface area contributed by atoms with Crippen molar-refractivity contribution in [3.8, 4) is 5.75 Å². The largest absolute Gasteiger partial charge is 0.497 e. The standard InChI is InChI=1S/C18H14ClNO3/c1-23-16-7-5-12(6-8-16)9-13-10-17(21)20(18(13)22)15-4-2-3-14(19)11-15/h2-9,11H,10H2,1H3/b13-9+. The van der Waals surface area contributed by atoms with Crippen LogP contribution in [-0.4, -0.2) is 18.9 Å². The molecule has 4 nitrogen and oxygen atoms in total. The summed E-state index contributed by atoms with van der Waals surface area (Å²) in [5.41, 5.74) is 1.79. The second kappa shape index (κ2) is 6.26. The van der Waals surface area contributed by atoms with E-state index in [2.05, 4.69) is 0 Å². The lowest BCUT2D eigenvalue weighted by Crippen LogP contribution is -2.28. The second-order valence-electron chi connectivity index (χ2n) is 5.13. The number of imide groups is 1. The van der Waals surface area contributed by atoms with Crippen LogP contribution in [0.15, 0.2) is 54.1 Å². The molecule has 0 spiro atoms. The predicted octanol–water partition coefficient (Wildman–Crippen LogP) is 3.70. The molecule has 1 fully saturated rings. The average Bonchev–Trinajstić information content (AvgIpc) is 2.82. The molecule has 116 valence electrons. The summed E-state index contributed by atoms with van der Waals surface area (Å²) < 4.78 is 5.10. The molecule has 0 saturated carbocycles. The van der Waals surface area contributed by atoms with Gasteiger partial charge < -0.3 is 4.74 Å². The maximum atomic E-state index is 12.5. The highest BCUT2D eigenvalue weighted by Crippen LogP contribution is 2.29. The maximum absolute atomic E-state index is 12.5. The van der Waals surface area contributed by atoms with Crippen LogP contribution in [0, 0.1) is 0 Å². The first-order valence-electron chi connectivity index (χ1n) is 7.06. The fourth-order valence-electron chi connectivity index (χ4n) is 2.47. The summed E-state index contributed by atoms with van der Waals surface area (Å²) in [6.07, 6.45) is 1.81. The van der Waals surface area contributed by atoms with Crippen LogP contribution in [0.25, 0.3) is 6.08 Å². The van der Waals surface area contributed by atoms with Gasteiger partial charge in [-0.1, -0.05) is 29.8 Å². The number of benzene rings is 2. The fraction of sp³-hybridized carbons (Fsp3) is 0.111. The van der Waals surface area contributed by atoms with Crippen LogP contribution in [0.1, 0.15) is 12.0 Å². The van der Waals surface area contributed by atoms with Crippen molar-refractivity contribution < 1.29 is 14.3 Å². The summed E-state index contributed by atoms with van der Waals surface area (Å²) in [5, 5.41) is 0.482. The van der Waals surface area contributed by atoms with Crippen LogP contribution in [-0.2, 0) is 9.59 Å². The van der Waals surface area contributed by atoms with Crippen molar-refractivity contribution in [2.24, 2.45) is 0 Å². The van der Waals surface area contributed by atoms with Gasteiger partial charge in [-0.3, -0.25) is 9.59 Å². The molecule has 1 saturated heterocycles. The molecule has 1 aliphatic rings. The van der Waals surface area contributed by atoms with Crippen LogP contribution >= 0.6 is 11.6 Å². The summed E-state index contributed by atoms with van der Waals surface area (Å²) in [7, 11) is 1.59. The maximum Gasteiger partial charge on any atom is 0.261 e. The summed E-state index contributed by atoms with van der Waals surface area (Å²) in [6, 6.07) is 14.0. The Morgan fingerprint density at radius 1 is 1.13 bits per heavy atom. The van der Waals surface area contributed by atoms with E-state index in [1.165, 1.54) is 4.90 Å². The van der Waals surface area contributed by atoms with Gasteiger partial charge in [0.25, 0.3) is 5.91 Å². The minimum Gasteiger partial charge on any atom is -0.497 e. The van der Waals surface area contributed by atoms with Gasteiger partial charge in [0, 0.05) is 10.6 Å². The SMILES string of the molecule is COc1ccc(/C=C2\CC(=O)N(c3cccc(Cl)c3)C2=O)cc1. The normalized spacial score (nSPS) is 16.3. The smallest absolute Gasteiger partial charge is 0.261 e. The van der Waals surface area contributed by atoms with Crippen LogP contribution in [0.2, 0.25) is 5.02 Å². The number of hydrogen-bond donors (Lipinski definition) is 0. The van der Waals surface area contributed by atoms with Crippen molar-refractivity contribution in [3.63, 3.8) is 0 Å². The van der Waals surface area contributed by atoms with E-state index in [-0.39, 0.29) is 18.2 Å². The summed E-state index contributed by atoms with van der Waals surface area (Å²) in [5.74, 6) is 0.173. The summed E-state index contributed by atoms with van der Waals surface area (Å²) in [6.45, 7) is 0. The number of nitrogens with zero attached hydrogens (tertiary/aromatic N) is 1. The van der Waals surface area contributed by atoms with Gasteiger partial charge in [-0.15, -0.1) is 0 Å². The third kappa shape index (κ3) is 3.12. The highest BCUT2D eigenvalue weighted by Gasteiger charge is 2.34. The molecule has 1 aliphatic heterocycles. The van der Waals surface area contributed by atoms with Gasteiger partial charge >= 0.3 is 0 Å². The van der Waals surface area contributed by atoms with Crippen molar-refractivity contribution in [1.29, 1.82) is 0 Å². The number of hydrogen-bond acceptors (Lipinski definition) is 3. The van der Waals surface area contributed by atoms with Crippen LogP contribution in [0.4, 0.5) is 5.69 Å². The number of rotatable bonds is 3. The third-order valence-corrected chi connectivity index (χ3v) is 3.83. The van der Waals surface area contributed by atoms with Crippen molar-refractivity contribution in [2.75, 3.05) is 12.0 Å². The molecule has 0 atom stereocenters. The van der Waals surface area contributed by atoms with Crippen LogP contribution in [0.5, 0.6) is 5.75 Å². The number of carbonyl (C=O) groups excluding carboxylic acids is 2. The Kier molecular flexibility index (Phi) is 4.17. The van der Waals surface area contributed by atoms with Gasteiger partial charge in [0.1, 0.15) is 5.75 Å². The molecule has 1 heterocycles. The Labute approximate surface area is 138 Å². The zero-order chi connectivity index (χ0) is 16.4. The number of ether oxygens (including phenoxy) is 1. The van der Waals surface area contributed by atoms with Crippen LogP contribution < -0.4 is 9.64 Å². The number of methoxy groups -OCH3 is 1. The lowest BCUT2D eigenvalue weighted by molar-refractivity contribution is -0.120. The average molecular weight is 328 g/mol. The van der Waals surface area contributed by atoms with E-state index < -0.39 is 0 Å². The minimum atomic E-state index is -0.312. The highest BCUT2D eigenvalue weighted by molar-refractivity contribution is 6.32. The number of anilines is 1. The molecule has 0 radical (unpaired) electrons. The van der Waals surface area contributed by atoms with E-state index in [0.29, 0.717) is 16.3 Å². The number of halogens is 1. The van der Waals surface area contributed by atoms with Crippen molar-refractivity contribution >= 4 is 35.2 Å². The summed E-state index contributed by atoms with van der Waals surface area (Å²) in [4.78, 5) is 25.9. The first-order chi connectivity index (χ1) is 11.1. The fourth-order valence-corrected chi connectivity index (χ4v) is 2.65. The Balaban J connectivity index is 1.89. The molecule has 2 aromatic rings. The van der Waals surface area contributed by atoms with Gasteiger partial charge in [0.15, 0.2) is 0 Å². The van der Waals surface area contributed by atoms with Gasteiger partial charge in [-0.25, -0.2) is 4.90 Å².